The number of hydrogen-bond acceptors (Lipinski definition) is 6. The molecule has 1 aromatic heterocycles. The molecule has 0 radical (unpaired) electrons. The SMILES string of the molecule is CCOC(=O)C1CCCN(C(=O)CSc2nncn2C)C1. The molecule has 1 aliphatic heterocycles. The van der Waals surface area contributed by atoms with Gasteiger partial charge in [-0.2, -0.15) is 0 Å². The van der Waals surface area contributed by atoms with E-state index in [9.17, 15) is 9.59 Å². The topological polar surface area (TPSA) is 77.3 Å². The first kappa shape index (κ1) is 15.8. The lowest BCUT2D eigenvalue weighted by Gasteiger charge is -2.31. The minimum Gasteiger partial charge on any atom is -0.466 e. The van der Waals surface area contributed by atoms with E-state index in [1.807, 2.05) is 7.05 Å². The number of aromatic nitrogens is 3. The normalized spacial score (nSPS) is 18.6. The second kappa shape index (κ2) is 7.44. The predicted molar refractivity (Wildman–Crippen MR) is 77.7 cm³/mol. The van der Waals surface area contributed by atoms with Gasteiger partial charge in [0.05, 0.1) is 18.3 Å². The Kier molecular flexibility index (Phi) is 5.60. The van der Waals surface area contributed by atoms with Crippen molar-refractivity contribution in [1.29, 1.82) is 0 Å². The van der Waals surface area contributed by atoms with E-state index >= 15 is 0 Å². The van der Waals surface area contributed by atoms with Crippen LogP contribution in [0.25, 0.3) is 0 Å². The van der Waals surface area contributed by atoms with Crippen molar-refractivity contribution in [3.05, 3.63) is 6.33 Å². The van der Waals surface area contributed by atoms with Crippen molar-refractivity contribution in [2.45, 2.75) is 24.9 Å². The first-order chi connectivity index (χ1) is 10.1. The van der Waals surface area contributed by atoms with Crippen molar-refractivity contribution < 1.29 is 14.3 Å². The van der Waals surface area contributed by atoms with Gasteiger partial charge in [0.1, 0.15) is 6.33 Å². The van der Waals surface area contributed by atoms with E-state index in [4.69, 9.17) is 4.74 Å². The highest BCUT2D eigenvalue weighted by Crippen LogP contribution is 2.20. The van der Waals surface area contributed by atoms with Crippen LogP contribution in [0.4, 0.5) is 0 Å². The first-order valence-corrected chi connectivity index (χ1v) is 8.01. The van der Waals surface area contributed by atoms with Crippen molar-refractivity contribution in [3.8, 4) is 0 Å². The monoisotopic (exact) mass is 312 g/mol. The van der Waals surface area contributed by atoms with E-state index in [1.165, 1.54) is 11.8 Å². The summed E-state index contributed by atoms with van der Waals surface area (Å²) in [6.07, 6.45) is 3.23. The minimum absolute atomic E-state index is 0.0250. The lowest BCUT2D eigenvalue weighted by molar-refractivity contribution is -0.151. The summed E-state index contributed by atoms with van der Waals surface area (Å²) in [7, 11) is 1.84. The van der Waals surface area contributed by atoms with Crippen LogP contribution in [0.2, 0.25) is 0 Å². The van der Waals surface area contributed by atoms with Gasteiger partial charge in [0.25, 0.3) is 0 Å². The van der Waals surface area contributed by atoms with Gasteiger partial charge in [0.15, 0.2) is 5.16 Å². The van der Waals surface area contributed by atoms with Gasteiger partial charge in [0, 0.05) is 20.1 Å². The highest BCUT2D eigenvalue weighted by Gasteiger charge is 2.29. The molecule has 7 nitrogen and oxygen atoms in total. The van der Waals surface area contributed by atoms with Crippen molar-refractivity contribution in [2.75, 3.05) is 25.4 Å². The van der Waals surface area contributed by atoms with Crippen molar-refractivity contribution in [2.24, 2.45) is 13.0 Å². The summed E-state index contributed by atoms with van der Waals surface area (Å²) in [6, 6.07) is 0. The van der Waals surface area contributed by atoms with Gasteiger partial charge in [0.2, 0.25) is 5.91 Å². The van der Waals surface area contributed by atoms with Gasteiger partial charge in [-0.25, -0.2) is 0 Å². The molecule has 1 aromatic rings. The number of amides is 1. The largest absolute Gasteiger partial charge is 0.466 e. The van der Waals surface area contributed by atoms with Crippen LogP contribution in [0.15, 0.2) is 11.5 Å². The first-order valence-electron chi connectivity index (χ1n) is 7.03. The van der Waals surface area contributed by atoms with Crippen molar-refractivity contribution in [3.63, 3.8) is 0 Å². The van der Waals surface area contributed by atoms with Gasteiger partial charge in [-0.15, -0.1) is 10.2 Å². The molecule has 116 valence electrons. The van der Waals surface area contributed by atoms with Crippen LogP contribution in [-0.4, -0.2) is 57.0 Å². The van der Waals surface area contributed by atoms with E-state index in [1.54, 1.807) is 22.7 Å². The van der Waals surface area contributed by atoms with Crippen LogP contribution in [-0.2, 0) is 21.4 Å². The summed E-state index contributed by atoms with van der Waals surface area (Å²) < 4.78 is 6.81. The van der Waals surface area contributed by atoms with E-state index in [0.717, 1.165) is 12.8 Å². The molecule has 0 aromatic carbocycles. The highest BCUT2D eigenvalue weighted by atomic mass is 32.2. The third kappa shape index (κ3) is 4.20. The number of likely N-dealkylation sites (tertiary alicyclic amines) is 1. The Balaban J connectivity index is 1.84. The quantitative estimate of drug-likeness (QED) is 0.588. The number of thioether (sulfide) groups is 1. The standard InChI is InChI=1S/C13H20N4O3S/c1-3-20-12(19)10-5-4-6-17(7-10)11(18)8-21-13-15-14-9-16(13)2/h9-10H,3-8H2,1-2H3. The molecule has 1 unspecified atom stereocenters. The molecule has 2 heterocycles. The Bertz CT molecular complexity index is 505. The van der Waals surface area contributed by atoms with Gasteiger partial charge in [-0.05, 0) is 19.8 Å². The van der Waals surface area contributed by atoms with Crippen molar-refractivity contribution in [1.82, 2.24) is 19.7 Å². The Labute approximate surface area is 128 Å². The molecular formula is C13H20N4O3S. The Hall–Kier alpha value is -1.57. The number of nitrogens with zero attached hydrogens (tertiary/aromatic N) is 4. The van der Waals surface area contributed by atoms with E-state index in [0.29, 0.717) is 30.6 Å². The van der Waals surface area contributed by atoms with Crippen LogP contribution in [0.5, 0.6) is 0 Å². The van der Waals surface area contributed by atoms with Crippen molar-refractivity contribution >= 4 is 23.6 Å². The maximum absolute atomic E-state index is 12.2. The number of ether oxygens (including phenoxy) is 1. The van der Waals surface area contributed by atoms with E-state index in [-0.39, 0.29) is 17.8 Å². The Morgan fingerprint density at radius 3 is 3.00 bits per heavy atom. The van der Waals surface area contributed by atoms with Gasteiger partial charge in [-0.3, -0.25) is 9.59 Å². The average molecular weight is 312 g/mol. The number of hydrogen-bond donors (Lipinski definition) is 0. The number of carbonyl (C=O) groups excluding carboxylic acids is 2. The molecule has 1 atom stereocenters. The van der Waals surface area contributed by atoms with Crippen LogP contribution in [0, 0.1) is 5.92 Å². The number of rotatable bonds is 5. The zero-order valence-corrected chi connectivity index (χ0v) is 13.1. The lowest BCUT2D eigenvalue weighted by Crippen LogP contribution is -2.43. The molecule has 1 saturated heterocycles. The number of carbonyl (C=O) groups is 2. The van der Waals surface area contributed by atoms with Crippen LogP contribution in [0.1, 0.15) is 19.8 Å². The summed E-state index contributed by atoms with van der Waals surface area (Å²) in [5.41, 5.74) is 0. The van der Waals surface area contributed by atoms with Gasteiger partial charge in [-0.1, -0.05) is 11.8 Å². The van der Waals surface area contributed by atoms with Crippen LogP contribution >= 0.6 is 11.8 Å². The third-order valence-corrected chi connectivity index (χ3v) is 4.41. The Morgan fingerprint density at radius 1 is 1.52 bits per heavy atom. The maximum atomic E-state index is 12.2. The Morgan fingerprint density at radius 2 is 2.33 bits per heavy atom. The second-order valence-corrected chi connectivity index (χ2v) is 5.89. The molecule has 0 spiro atoms. The fourth-order valence-electron chi connectivity index (χ4n) is 2.28. The summed E-state index contributed by atoms with van der Waals surface area (Å²) in [6.45, 7) is 3.33. The number of esters is 1. The maximum Gasteiger partial charge on any atom is 0.310 e. The summed E-state index contributed by atoms with van der Waals surface area (Å²) in [5, 5.41) is 8.42. The number of aryl methyl sites for hydroxylation is 1. The van der Waals surface area contributed by atoms with Crippen LogP contribution in [0.3, 0.4) is 0 Å². The zero-order chi connectivity index (χ0) is 15.2. The van der Waals surface area contributed by atoms with Gasteiger partial charge >= 0.3 is 5.97 Å². The average Bonchev–Trinajstić information content (AvgIpc) is 2.90. The second-order valence-electron chi connectivity index (χ2n) is 4.94. The predicted octanol–water partition coefficient (Wildman–Crippen LogP) is 0.709. The number of piperidine rings is 1. The minimum atomic E-state index is -0.198. The summed E-state index contributed by atoms with van der Waals surface area (Å²) >= 11 is 1.36. The molecular weight excluding hydrogens is 292 g/mol. The van der Waals surface area contributed by atoms with E-state index < -0.39 is 0 Å². The fourth-order valence-corrected chi connectivity index (χ4v) is 3.07. The van der Waals surface area contributed by atoms with Gasteiger partial charge < -0.3 is 14.2 Å². The molecule has 1 amide bonds. The molecule has 0 saturated carbocycles. The zero-order valence-electron chi connectivity index (χ0n) is 12.3. The summed E-state index contributed by atoms with van der Waals surface area (Å²) in [5.74, 6) is -0.0577. The summed E-state index contributed by atoms with van der Waals surface area (Å²) in [4.78, 5) is 25.7. The molecule has 1 fully saturated rings. The van der Waals surface area contributed by atoms with Crippen LogP contribution < -0.4 is 0 Å². The smallest absolute Gasteiger partial charge is 0.310 e. The molecule has 0 aliphatic carbocycles. The molecule has 0 N–H and O–H groups in total. The molecule has 0 bridgehead atoms. The molecule has 21 heavy (non-hydrogen) atoms. The molecule has 2 rings (SSSR count). The molecule has 1 aliphatic rings. The molecule has 8 heteroatoms. The lowest BCUT2D eigenvalue weighted by atomic mass is 9.98. The fraction of sp³-hybridized carbons (Fsp3) is 0.692. The highest BCUT2D eigenvalue weighted by molar-refractivity contribution is 7.99. The van der Waals surface area contributed by atoms with E-state index in [2.05, 4.69) is 10.2 Å². The third-order valence-electron chi connectivity index (χ3n) is 3.39.